The van der Waals surface area contributed by atoms with E-state index in [2.05, 4.69) is 5.32 Å². The number of amides is 1. The minimum Gasteiger partial charge on any atom is -0.491 e. The Balaban J connectivity index is 1.44. The number of ether oxygens (including phenoxy) is 1. The molecule has 0 aliphatic heterocycles. The molecule has 4 rings (SSSR count). The number of nitrogens with one attached hydrogen (secondary N) is 1. The lowest BCUT2D eigenvalue weighted by Gasteiger charge is -2.22. The van der Waals surface area contributed by atoms with Crippen LogP contribution in [-0.4, -0.2) is 34.5 Å². The number of benzene rings is 4. The van der Waals surface area contributed by atoms with Gasteiger partial charge in [-0.3, -0.25) is 9.10 Å². The number of hydrogen-bond acceptors (Lipinski definition) is 4. The number of sulfonamides is 1. The number of rotatable bonds is 8. The molecule has 0 aromatic heterocycles. The summed E-state index contributed by atoms with van der Waals surface area (Å²) in [6.45, 7) is 0.547. The molecular formula is C26H24N2O4S. The van der Waals surface area contributed by atoms with Crippen molar-refractivity contribution in [2.24, 2.45) is 0 Å². The van der Waals surface area contributed by atoms with Crippen molar-refractivity contribution in [1.29, 1.82) is 0 Å². The predicted molar refractivity (Wildman–Crippen MR) is 130 cm³/mol. The number of carbonyl (C=O) groups is 1. The zero-order valence-electron chi connectivity index (χ0n) is 18.1. The van der Waals surface area contributed by atoms with Gasteiger partial charge in [0.1, 0.15) is 12.4 Å². The fourth-order valence-electron chi connectivity index (χ4n) is 3.56. The summed E-state index contributed by atoms with van der Waals surface area (Å²) in [7, 11) is -2.36. The first kappa shape index (κ1) is 22.4. The normalized spacial score (nSPS) is 11.2. The molecule has 33 heavy (non-hydrogen) atoms. The Morgan fingerprint density at radius 3 is 2.33 bits per heavy atom. The number of hydrogen-bond donors (Lipinski definition) is 1. The van der Waals surface area contributed by atoms with Gasteiger partial charge in [0.05, 0.1) is 22.7 Å². The van der Waals surface area contributed by atoms with Gasteiger partial charge in [0.2, 0.25) is 0 Å². The minimum atomic E-state index is -3.80. The number of fused-ring (bicyclic) bond motifs is 1. The summed E-state index contributed by atoms with van der Waals surface area (Å²) in [6, 6.07) is 28.5. The molecule has 0 radical (unpaired) electrons. The van der Waals surface area contributed by atoms with Crippen LogP contribution in [0.2, 0.25) is 0 Å². The lowest BCUT2D eigenvalue weighted by Crippen LogP contribution is -2.32. The number of para-hydroxylation sites is 1. The molecular weight excluding hydrogens is 436 g/mol. The molecule has 1 N–H and O–H groups in total. The first-order chi connectivity index (χ1) is 16.0. The zero-order valence-corrected chi connectivity index (χ0v) is 19.0. The van der Waals surface area contributed by atoms with Crippen molar-refractivity contribution in [3.63, 3.8) is 0 Å². The highest BCUT2D eigenvalue weighted by atomic mass is 32.2. The van der Waals surface area contributed by atoms with Gasteiger partial charge >= 0.3 is 0 Å². The van der Waals surface area contributed by atoms with Gasteiger partial charge in [0, 0.05) is 12.4 Å². The van der Waals surface area contributed by atoms with Crippen LogP contribution in [0, 0.1) is 0 Å². The second-order valence-electron chi connectivity index (χ2n) is 7.38. The molecule has 6 nitrogen and oxygen atoms in total. The third kappa shape index (κ3) is 4.83. The van der Waals surface area contributed by atoms with Crippen molar-refractivity contribution in [2.45, 2.75) is 4.90 Å². The highest BCUT2D eigenvalue weighted by Gasteiger charge is 2.24. The fraction of sp³-hybridized carbons (Fsp3) is 0.115. The maximum Gasteiger partial charge on any atom is 0.264 e. The van der Waals surface area contributed by atoms with Crippen LogP contribution in [-0.2, 0) is 10.0 Å². The minimum absolute atomic E-state index is 0.159. The predicted octanol–water partition coefficient (Wildman–Crippen LogP) is 4.47. The average molecular weight is 461 g/mol. The zero-order chi connectivity index (χ0) is 23.3. The van der Waals surface area contributed by atoms with Gasteiger partial charge in [-0.2, -0.15) is 0 Å². The Hall–Kier alpha value is -3.84. The summed E-state index contributed by atoms with van der Waals surface area (Å²) >= 11 is 0. The van der Waals surface area contributed by atoms with Gasteiger partial charge in [-0.1, -0.05) is 66.7 Å². The molecule has 0 fully saturated rings. The van der Waals surface area contributed by atoms with Crippen LogP contribution in [0.3, 0.4) is 0 Å². The van der Waals surface area contributed by atoms with Crippen LogP contribution >= 0.6 is 0 Å². The summed E-state index contributed by atoms with van der Waals surface area (Å²) in [5, 5.41) is 4.90. The molecule has 0 aliphatic carbocycles. The van der Waals surface area contributed by atoms with Crippen molar-refractivity contribution < 1.29 is 17.9 Å². The maximum absolute atomic E-state index is 13.0. The lowest BCUT2D eigenvalue weighted by molar-refractivity contribution is 0.0948. The van der Waals surface area contributed by atoms with Crippen molar-refractivity contribution in [3.8, 4) is 5.75 Å². The second-order valence-corrected chi connectivity index (χ2v) is 9.35. The molecule has 4 aromatic rings. The topological polar surface area (TPSA) is 75.7 Å². The Morgan fingerprint density at radius 1 is 0.848 bits per heavy atom. The van der Waals surface area contributed by atoms with Crippen LogP contribution in [0.5, 0.6) is 5.75 Å². The van der Waals surface area contributed by atoms with Gasteiger partial charge in [0.25, 0.3) is 15.9 Å². The average Bonchev–Trinajstić information content (AvgIpc) is 2.86. The van der Waals surface area contributed by atoms with E-state index in [9.17, 15) is 13.2 Å². The largest absolute Gasteiger partial charge is 0.491 e. The standard InChI is InChI=1S/C26H24N2O4S/c1-28(33(30,31)21-12-3-2-4-13-21)24-16-8-7-15-23(24)26(29)27-18-19-32-25-17-9-11-20-10-5-6-14-22(20)25/h2-17H,18-19H2,1H3,(H,27,29). The van der Waals surface area contributed by atoms with E-state index in [1.54, 1.807) is 42.5 Å². The van der Waals surface area contributed by atoms with Gasteiger partial charge in [-0.05, 0) is 35.7 Å². The van der Waals surface area contributed by atoms with E-state index >= 15 is 0 Å². The highest BCUT2D eigenvalue weighted by molar-refractivity contribution is 7.92. The second kappa shape index (κ2) is 9.75. The van der Waals surface area contributed by atoms with Crippen molar-refractivity contribution >= 4 is 32.4 Å². The lowest BCUT2D eigenvalue weighted by atomic mass is 10.1. The van der Waals surface area contributed by atoms with E-state index in [0.717, 1.165) is 20.8 Å². The smallest absolute Gasteiger partial charge is 0.264 e. The SMILES string of the molecule is CN(c1ccccc1C(=O)NCCOc1cccc2ccccc12)S(=O)(=O)c1ccccc1. The summed E-state index contributed by atoms with van der Waals surface area (Å²) in [5.74, 6) is 0.374. The third-order valence-corrected chi connectivity index (χ3v) is 7.07. The highest BCUT2D eigenvalue weighted by Crippen LogP contribution is 2.26. The van der Waals surface area contributed by atoms with E-state index in [1.165, 1.54) is 19.2 Å². The molecule has 7 heteroatoms. The Bertz CT molecular complexity index is 1370. The third-order valence-electron chi connectivity index (χ3n) is 5.28. The Kier molecular flexibility index (Phi) is 6.60. The van der Waals surface area contributed by atoms with E-state index in [0.29, 0.717) is 5.69 Å². The van der Waals surface area contributed by atoms with E-state index < -0.39 is 10.0 Å². The summed E-state index contributed by atoms with van der Waals surface area (Å²) in [4.78, 5) is 13.0. The van der Waals surface area contributed by atoms with Crippen LogP contribution in [0.15, 0.2) is 102 Å². The molecule has 0 saturated carbocycles. The molecule has 0 atom stereocenters. The van der Waals surface area contributed by atoms with Gasteiger partial charge in [-0.15, -0.1) is 0 Å². The molecule has 4 aromatic carbocycles. The Morgan fingerprint density at radius 2 is 1.52 bits per heavy atom. The molecule has 1 amide bonds. The Labute approximate surface area is 193 Å². The van der Waals surface area contributed by atoms with Gasteiger partial charge < -0.3 is 10.1 Å². The van der Waals surface area contributed by atoms with Gasteiger partial charge in [0.15, 0.2) is 0 Å². The van der Waals surface area contributed by atoms with E-state index in [1.807, 2.05) is 42.5 Å². The van der Waals surface area contributed by atoms with Crippen LogP contribution in [0.25, 0.3) is 10.8 Å². The van der Waals surface area contributed by atoms with E-state index in [4.69, 9.17) is 4.74 Å². The van der Waals surface area contributed by atoms with Crippen LogP contribution in [0.1, 0.15) is 10.4 Å². The summed E-state index contributed by atoms with van der Waals surface area (Å²) in [6.07, 6.45) is 0. The van der Waals surface area contributed by atoms with E-state index in [-0.39, 0.29) is 29.5 Å². The maximum atomic E-state index is 13.0. The molecule has 0 aliphatic rings. The number of anilines is 1. The summed E-state index contributed by atoms with van der Waals surface area (Å²) in [5.41, 5.74) is 0.568. The molecule has 0 spiro atoms. The van der Waals surface area contributed by atoms with Crippen LogP contribution < -0.4 is 14.4 Å². The van der Waals surface area contributed by atoms with Gasteiger partial charge in [-0.25, -0.2) is 8.42 Å². The molecule has 0 heterocycles. The number of nitrogens with zero attached hydrogens (tertiary/aromatic N) is 1. The molecule has 0 unspecified atom stereocenters. The molecule has 168 valence electrons. The van der Waals surface area contributed by atoms with Crippen molar-refractivity contribution in [2.75, 3.05) is 24.5 Å². The first-order valence-corrected chi connectivity index (χ1v) is 11.9. The number of carbonyl (C=O) groups excluding carboxylic acids is 1. The first-order valence-electron chi connectivity index (χ1n) is 10.5. The molecule has 0 bridgehead atoms. The summed E-state index contributed by atoms with van der Waals surface area (Å²) < 4.78 is 33.0. The van der Waals surface area contributed by atoms with Crippen molar-refractivity contribution in [3.05, 3.63) is 103 Å². The quantitative estimate of drug-likeness (QED) is 0.394. The monoisotopic (exact) mass is 460 g/mol. The molecule has 0 saturated heterocycles. The fourth-order valence-corrected chi connectivity index (χ4v) is 4.80. The van der Waals surface area contributed by atoms with Crippen LogP contribution in [0.4, 0.5) is 5.69 Å². The van der Waals surface area contributed by atoms with Crippen molar-refractivity contribution in [1.82, 2.24) is 5.32 Å².